The van der Waals surface area contributed by atoms with Crippen LogP contribution >= 0.6 is 0 Å². The van der Waals surface area contributed by atoms with Crippen LogP contribution in [0.4, 0.5) is 28.0 Å². The lowest BCUT2D eigenvalue weighted by Gasteiger charge is -2.57. The highest BCUT2D eigenvalue weighted by molar-refractivity contribution is 6.10. The number of carbonyl (C=O) groups excluding carboxylic acids is 3. The zero-order valence-corrected chi connectivity index (χ0v) is 20.8. The van der Waals surface area contributed by atoms with Gasteiger partial charge in [-0.1, -0.05) is 12.1 Å². The molecule has 38 heavy (non-hydrogen) atoms. The molecule has 2 aromatic carbocycles. The lowest BCUT2D eigenvalue weighted by Crippen LogP contribution is -2.81. The van der Waals surface area contributed by atoms with Gasteiger partial charge < -0.3 is 14.5 Å². The van der Waals surface area contributed by atoms with Crippen molar-refractivity contribution in [2.45, 2.75) is 44.6 Å². The van der Waals surface area contributed by atoms with Crippen molar-refractivity contribution in [1.82, 2.24) is 9.80 Å². The van der Waals surface area contributed by atoms with Crippen LogP contribution in [0.25, 0.3) is 0 Å². The second kappa shape index (κ2) is 9.31. The molecule has 0 atom stereocenters. The number of rotatable bonds is 3. The summed E-state index contributed by atoms with van der Waals surface area (Å²) in [4.78, 5) is 43.2. The van der Waals surface area contributed by atoms with Gasteiger partial charge in [0.05, 0.1) is 36.0 Å². The van der Waals surface area contributed by atoms with Crippen LogP contribution in [-0.2, 0) is 27.0 Å². The summed E-state index contributed by atoms with van der Waals surface area (Å²) in [6, 6.07) is 9.46. The third-order valence-corrected chi connectivity index (χ3v) is 6.30. The summed E-state index contributed by atoms with van der Waals surface area (Å²) in [6.07, 6.45) is -5.25. The average Bonchev–Trinajstić information content (AvgIpc) is 2.79. The van der Waals surface area contributed by atoms with Crippen LogP contribution in [-0.4, -0.2) is 58.5 Å². The fourth-order valence-electron chi connectivity index (χ4n) is 4.46. The first-order valence-corrected chi connectivity index (χ1v) is 11.6. The van der Waals surface area contributed by atoms with Crippen molar-refractivity contribution >= 4 is 23.6 Å². The minimum Gasteiger partial charge on any atom is -0.444 e. The topological polar surface area (TPSA) is 94.0 Å². The van der Waals surface area contributed by atoms with Gasteiger partial charge in [-0.3, -0.25) is 14.5 Å². The molecule has 12 heteroatoms. The number of nitrogens with zero attached hydrogens (tertiary/aromatic N) is 4. The number of hydrogen-bond donors (Lipinski definition) is 0. The molecule has 0 N–H and O–H groups in total. The van der Waals surface area contributed by atoms with Gasteiger partial charge >= 0.3 is 12.3 Å². The number of piperazine rings is 1. The predicted octanol–water partition coefficient (Wildman–Crippen LogP) is 4.08. The molecular weight excluding hydrogens is 508 g/mol. The van der Waals surface area contributed by atoms with E-state index in [1.165, 1.54) is 34.1 Å². The standard InChI is InChI=1S/C26H24F4N4O4/c1-24(2,3)38-23(37)32-14-25(15-32)22(36)33(20-9-6-17(11-31)10-19(20)27)13-21(35)34(25)12-16-4-7-18(8-5-16)26(28,29)30/h4-10H,12-15H2,1-3H3. The number of halogens is 4. The Hall–Kier alpha value is -4.14. The van der Waals surface area contributed by atoms with E-state index in [-0.39, 0.29) is 30.9 Å². The first kappa shape index (κ1) is 26.9. The maximum atomic E-state index is 14.8. The monoisotopic (exact) mass is 532 g/mol. The largest absolute Gasteiger partial charge is 0.444 e. The van der Waals surface area contributed by atoms with Gasteiger partial charge in [0.1, 0.15) is 18.0 Å². The lowest BCUT2D eigenvalue weighted by molar-refractivity contribution is -0.163. The summed E-state index contributed by atoms with van der Waals surface area (Å²) in [6.45, 7) is 3.78. The summed E-state index contributed by atoms with van der Waals surface area (Å²) in [5.41, 5.74) is -3.10. The van der Waals surface area contributed by atoms with E-state index in [1.54, 1.807) is 26.8 Å². The number of hydrogen-bond acceptors (Lipinski definition) is 5. The molecule has 2 aromatic rings. The summed E-state index contributed by atoms with van der Waals surface area (Å²) >= 11 is 0. The van der Waals surface area contributed by atoms with Crippen LogP contribution < -0.4 is 4.90 Å². The van der Waals surface area contributed by atoms with E-state index in [1.807, 2.05) is 0 Å². The third kappa shape index (κ3) is 5.01. The van der Waals surface area contributed by atoms with E-state index in [0.717, 1.165) is 23.1 Å². The minimum atomic E-state index is -4.54. The van der Waals surface area contributed by atoms with E-state index in [9.17, 15) is 31.9 Å². The van der Waals surface area contributed by atoms with Gasteiger partial charge in [-0.05, 0) is 56.7 Å². The van der Waals surface area contributed by atoms with Gasteiger partial charge in [0.15, 0.2) is 5.54 Å². The van der Waals surface area contributed by atoms with Crippen molar-refractivity contribution in [3.63, 3.8) is 0 Å². The molecule has 4 rings (SSSR count). The fourth-order valence-corrected chi connectivity index (χ4v) is 4.46. The molecule has 1 spiro atoms. The number of likely N-dealkylation sites (tertiary alicyclic amines) is 1. The molecule has 0 unspecified atom stereocenters. The SMILES string of the molecule is CC(C)(C)OC(=O)N1CC2(C1)C(=O)N(c1ccc(C#N)cc1F)CC(=O)N2Cc1ccc(C(F)(F)F)cc1. The molecule has 2 heterocycles. The van der Waals surface area contributed by atoms with Gasteiger partial charge in [-0.15, -0.1) is 0 Å². The Labute approximate surface area is 216 Å². The zero-order chi connectivity index (χ0) is 28.0. The van der Waals surface area contributed by atoms with Gasteiger partial charge in [-0.25, -0.2) is 9.18 Å². The summed E-state index contributed by atoms with van der Waals surface area (Å²) < 4.78 is 59.1. The number of anilines is 1. The second-order valence-corrected chi connectivity index (χ2v) is 10.2. The molecule has 0 saturated carbocycles. The Morgan fingerprint density at radius 3 is 2.24 bits per heavy atom. The summed E-state index contributed by atoms with van der Waals surface area (Å²) in [5.74, 6) is -2.12. The first-order valence-electron chi connectivity index (χ1n) is 11.6. The summed E-state index contributed by atoms with van der Waals surface area (Å²) in [7, 11) is 0. The number of alkyl halides is 3. The van der Waals surface area contributed by atoms with Crippen LogP contribution in [0.2, 0.25) is 0 Å². The fraction of sp³-hybridized carbons (Fsp3) is 0.385. The molecular formula is C26H24F4N4O4. The van der Waals surface area contributed by atoms with E-state index >= 15 is 0 Å². The van der Waals surface area contributed by atoms with E-state index in [2.05, 4.69) is 0 Å². The van der Waals surface area contributed by atoms with Crippen LogP contribution in [0.15, 0.2) is 42.5 Å². The smallest absolute Gasteiger partial charge is 0.416 e. The highest BCUT2D eigenvalue weighted by Gasteiger charge is 2.61. The number of benzene rings is 2. The molecule has 3 amide bonds. The molecule has 0 bridgehead atoms. The van der Waals surface area contributed by atoms with Gasteiger partial charge in [0, 0.05) is 6.54 Å². The number of carbonyl (C=O) groups is 3. The normalized spacial score (nSPS) is 17.4. The van der Waals surface area contributed by atoms with Crippen molar-refractivity contribution in [2.75, 3.05) is 24.5 Å². The Balaban J connectivity index is 1.67. The number of nitriles is 1. The Morgan fingerprint density at radius 1 is 1.08 bits per heavy atom. The van der Waals surface area contributed by atoms with Crippen LogP contribution in [0.1, 0.15) is 37.5 Å². The second-order valence-electron chi connectivity index (χ2n) is 10.2. The predicted molar refractivity (Wildman–Crippen MR) is 126 cm³/mol. The van der Waals surface area contributed by atoms with Crippen molar-refractivity contribution < 1.29 is 36.7 Å². The average molecular weight is 532 g/mol. The van der Waals surface area contributed by atoms with Crippen LogP contribution in [0, 0.1) is 17.1 Å². The lowest BCUT2D eigenvalue weighted by atomic mass is 9.83. The van der Waals surface area contributed by atoms with Crippen molar-refractivity contribution in [3.05, 3.63) is 65.0 Å². The van der Waals surface area contributed by atoms with E-state index in [4.69, 9.17) is 10.00 Å². The molecule has 200 valence electrons. The molecule has 2 aliphatic rings. The van der Waals surface area contributed by atoms with Gasteiger partial charge in [-0.2, -0.15) is 18.4 Å². The maximum absolute atomic E-state index is 14.8. The quantitative estimate of drug-likeness (QED) is 0.556. The molecule has 2 fully saturated rings. The maximum Gasteiger partial charge on any atom is 0.416 e. The van der Waals surface area contributed by atoms with Crippen LogP contribution in [0.3, 0.4) is 0 Å². The zero-order valence-electron chi connectivity index (χ0n) is 20.8. The highest BCUT2D eigenvalue weighted by Crippen LogP contribution is 2.38. The van der Waals surface area contributed by atoms with Gasteiger partial charge in [0.25, 0.3) is 5.91 Å². The van der Waals surface area contributed by atoms with E-state index in [0.29, 0.717) is 5.56 Å². The molecule has 0 aliphatic carbocycles. The summed E-state index contributed by atoms with van der Waals surface area (Å²) in [5, 5.41) is 9.02. The molecule has 0 aromatic heterocycles. The third-order valence-electron chi connectivity index (χ3n) is 6.30. The van der Waals surface area contributed by atoms with Crippen LogP contribution in [0.5, 0.6) is 0 Å². The molecule has 2 saturated heterocycles. The first-order chi connectivity index (χ1) is 17.6. The Kier molecular flexibility index (Phi) is 6.59. The highest BCUT2D eigenvalue weighted by atomic mass is 19.4. The van der Waals surface area contributed by atoms with E-state index < -0.39 is 53.1 Å². The molecule has 0 radical (unpaired) electrons. The van der Waals surface area contributed by atoms with Gasteiger partial charge in [0.2, 0.25) is 5.91 Å². The molecule has 2 aliphatic heterocycles. The van der Waals surface area contributed by atoms with Crippen molar-refractivity contribution in [1.29, 1.82) is 5.26 Å². The van der Waals surface area contributed by atoms with Crippen molar-refractivity contribution in [2.24, 2.45) is 0 Å². The Bertz CT molecular complexity index is 1320. The number of amides is 3. The van der Waals surface area contributed by atoms with Crippen molar-refractivity contribution in [3.8, 4) is 6.07 Å². The Morgan fingerprint density at radius 2 is 1.71 bits per heavy atom. The minimum absolute atomic E-state index is 0.0282. The molecule has 8 nitrogen and oxygen atoms in total. The number of ether oxygens (including phenoxy) is 1.